The van der Waals surface area contributed by atoms with E-state index in [1.165, 1.54) is 6.20 Å². The van der Waals surface area contributed by atoms with E-state index in [-0.39, 0.29) is 11.6 Å². The highest BCUT2D eigenvalue weighted by molar-refractivity contribution is 9.10. The molecule has 0 bridgehead atoms. The number of aromatic amines is 1. The Labute approximate surface area is 144 Å². The molecule has 0 radical (unpaired) electrons. The van der Waals surface area contributed by atoms with Gasteiger partial charge in [-0.2, -0.15) is 0 Å². The van der Waals surface area contributed by atoms with Crippen LogP contribution in [0.5, 0.6) is 0 Å². The van der Waals surface area contributed by atoms with E-state index in [0.29, 0.717) is 33.3 Å². The summed E-state index contributed by atoms with van der Waals surface area (Å²) in [7, 11) is 0. The fraction of sp³-hybridized carbons (Fsp3) is 0. The number of hydrogen-bond acceptors (Lipinski definition) is 3. The van der Waals surface area contributed by atoms with Gasteiger partial charge in [-0.1, -0.05) is 40.2 Å². The van der Waals surface area contributed by atoms with Gasteiger partial charge in [-0.05, 0) is 18.2 Å². The predicted molar refractivity (Wildman–Crippen MR) is 94.6 cm³/mol. The molecule has 0 fully saturated rings. The van der Waals surface area contributed by atoms with Gasteiger partial charge in [0.25, 0.3) is 0 Å². The lowest BCUT2D eigenvalue weighted by Gasteiger charge is -2.16. The summed E-state index contributed by atoms with van der Waals surface area (Å²) in [6.45, 7) is 0. The molecule has 5 rings (SSSR count). The third-order valence-corrected chi connectivity index (χ3v) is 4.96. The van der Waals surface area contributed by atoms with Crippen molar-refractivity contribution >= 4 is 49.3 Å². The molecule has 0 amide bonds. The summed E-state index contributed by atoms with van der Waals surface area (Å²) in [6.07, 6.45) is 1.51. The molecule has 5 heteroatoms. The molecule has 114 valence electrons. The minimum atomic E-state index is -0.162. The summed E-state index contributed by atoms with van der Waals surface area (Å²) < 4.78 is 0.878. The van der Waals surface area contributed by atoms with Gasteiger partial charge >= 0.3 is 0 Å². The standard InChI is InChI=1S/C19H9BrN2O2/c20-9-5-6-11-14(7-9)21-8-12-15(11)19(24)17-16(18(12)23)10-3-1-2-4-13(10)22-17/h1-8,22H. The first-order chi connectivity index (χ1) is 11.6. The summed E-state index contributed by atoms with van der Waals surface area (Å²) in [4.78, 5) is 33.6. The van der Waals surface area contributed by atoms with E-state index >= 15 is 0 Å². The Morgan fingerprint density at radius 1 is 0.917 bits per heavy atom. The number of fused-ring (bicyclic) bond motifs is 6. The van der Waals surface area contributed by atoms with Crippen LogP contribution in [0.4, 0.5) is 0 Å². The van der Waals surface area contributed by atoms with Gasteiger partial charge in [-0.15, -0.1) is 0 Å². The van der Waals surface area contributed by atoms with E-state index in [0.717, 1.165) is 15.4 Å². The van der Waals surface area contributed by atoms with Crippen LogP contribution in [0.2, 0.25) is 0 Å². The number of para-hydroxylation sites is 1. The number of carbonyl (C=O) groups excluding carboxylic acids is 2. The van der Waals surface area contributed by atoms with Gasteiger partial charge in [-0.25, -0.2) is 0 Å². The molecule has 1 aliphatic rings. The van der Waals surface area contributed by atoms with Gasteiger partial charge in [0, 0.05) is 32.5 Å². The van der Waals surface area contributed by atoms with Gasteiger partial charge in [0.2, 0.25) is 5.78 Å². The third-order valence-electron chi connectivity index (χ3n) is 4.46. The van der Waals surface area contributed by atoms with Gasteiger partial charge in [0.05, 0.1) is 22.3 Å². The van der Waals surface area contributed by atoms with Crippen LogP contribution in [-0.2, 0) is 0 Å². The van der Waals surface area contributed by atoms with E-state index in [4.69, 9.17) is 0 Å². The van der Waals surface area contributed by atoms with Crippen molar-refractivity contribution in [2.75, 3.05) is 0 Å². The molecule has 2 aromatic heterocycles. The second kappa shape index (κ2) is 4.61. The topological polar surface area (TPSA) is 62.8 Å². The van der Waals surface area contributed by atoms with Crippen LogP contribution in [0.1, 0.15) is 32.0 Å². The van der Waals surface area contributed by atoms with E-state index in [2.05, 4.69) is 25.9 Å². The quantitative estimate of drug-likeness (QED) is 0.439. The van der Waals surface area contributed by atoms with E-state index in [1.807, 2.05) is 42.5 Å². The van der Waals surface area contributed by atoms with Crippen molar-refractivity contribution in [3.8, 4) is 0 Å². The van der Waals surface area contributed by atoms with Crippen LogP contribution in [0, 0.1) is 0 Å². The Kier molecular flexibility index (Phi) is 2.62. The highest BCUT2D eigenvalue weighted by Crippen LogP contribution is 2.35. The first-order valence-electron chi connectivity index (χ1n) is 7.43. The largest absolute Gasteiger partial charge is 0.351 e. The van der Waals surface area contributed by atoms with Crippen molar-refractivity contribution in [3.63, 3.8) is 0 Å². The summed E-state index contributed by atoms with van der Waals surface area (Å²) in [5, 5.41) is 1.46. The van der Waals surface area contributed by atoms with Crippen LogP contribution in [0.3, 0.4) is 0 Å². The average Bonchev–Trinajstić information content (AvgIpc) is 2.98. The normalized spacial score (nSPS) is 13.4. The third kappa shape index (κ3) is 1.65. The molecule has 2 aromatic carbocycles. The number of aromatic nitrogens is 2. The molecule has 0 spiro atoms. The lowest BCUT2D eigenvalue weighted by Crippen LogP contribution is -2.21. The summed E-state index contributed by atoms with van der Waals surface area (Å²) in [5.41, 5.74) is 3.08. The number of carbonyl (C=O) groups is 2. The van der Waals surface area contributed by atoms with Crippen molar-refractivity contribution in [2.45, 2.75) is 0 Å². The first-order valence-corrected chi connectivity index (χ1v) is 8.23. The number of pyridine rings is 1. The molecule has 0 atom stereocenters. The molecule has 1 N–H and O–H groups in total. The highest BCUT2D eigenvalue weighted by atomic mass is 79.9. The highest BCUT2D eigenvalue weighted by Gasteiger charge is 2.34. The predicted octanol–water partition coefficient (Wildman–Crippen LogP) is 4.25. The molecule has 0 saturated carbocycles. The lowest BCUT2D eigenvalue weighted by atomic mass is 9.86. The Morgan fingerprint density at radius 2 is 1.75 bits per heavy atom. The number of H-pyrrole nitrogens is 1. The van der Waals surface area contributed by atoms with Crippen molar-refractivity contribution in [3.05, 3.63) is 75.5 Å². The zero-order valence-corrected chi connectivity index (χ0v) is 13.8. The number of nitrogens with one attached hydrogen (secondary N) is 1. The number of rotatable bonds is 0. The van der Waals surface area contributed by atoms with Crippen molar-refractivity contribution < 1.29 is 9.59 Å². The lowest BCUT2D eigenvalue weighted by molar-refractivity contribution is 0.0979. The zero-order valence-electron chi connectivity index (χ0n) is 12.3. The molecule has 0 aliphatic heterocycles. The van der Waals surface area contributed by atoms with Crippen LogP contribution in [-0.4, -0.2) is 21.5 Å². The Hall–Kier alpha value is -2.79. The van der Waals surface area contributed by atoms with Crippen molar-refractivity contribution in [1.29, 1.82) is 0 Å². The smallest absolute Gasteiger partial charge is 0.211 e. The number of nitrogens with zero attached hydrogens (tertiary/aromatic N) is 1. The maximum Gasteiger partial charge on any atom is 0.211 e. The fourth-order valence-electron chi connectivity index (χ4n) is 3.39. The Bertz CT molecular complexity index is 1210. The van der Waals surface area contributed by atoms with Crippen LogP contribution < -0.4 is 0 Å². The number of hydrogen-bond donors (Lipinski definition) is 1. The van der Waals surface area contributed by atoms with Crippen LogP contribution >= 0.6 is 15.9 Å². The van der Waals surface area contributed by atoms with Crippen molar-refractivity contribution in [2.24, 2.45) is 0 Å². The maximum atomic E-state index is 13.1. The number of benzene rings is 2. The van der Waals surface area contributed by atoms with Crippen molar-refractivity contribution in [1.82, 2.24) is 9.97 Å². The SMILES string of the molecule is O=C1c2[nH]c3ccccc3c2C(=O)c2cnc3cc(Br)ccc3c21. The molecule has 1 aliphatic carbocycles. The van der Waals surface area contributed by atoms with Gasteiger partial charge in [0.1, 0.15) is 0 Å². The molecule has 0 unspecified atom stereocenters. The molecular formula is C19H9BrN2O2. The molecule has 0 saturated heterocycles. The van der Waals surface area contributed by atoms with E-state index in [9.17, 15) is 9.59 Å². The Morgan fingerprint density at radius 3 is 2.62 bits per heavy atom. The number of halogens is 1. The molecule has 4 nitrogen and oxygen atoms in total. The van der Waals surface area contributed by atoms with Crippen LogP contribution in [0.15, 0.2) is 53.1 Å². The number of ketones is 2. The Balaban J connectivity index is 1.90. The first kappa shape index (κ1) is 13.6. The fourth-order valence-corrected chi connectivity index (χ4v) is 3.74. The van der Waals surface area contributed by atoms with E-state index < -0.39 is 0 Å². The van der Waals surface area contributed by atoms with Gasteiger partial charge < -0.3 is 4.98 Å². The van der Waals surface area contributed by atoms with Gasteiger partial charge in [0.15, 0.2) is 5.78 Å². The monoisotopic (exact) mass is 376 g/mol. The molecule has 2 heterocycles. The molecule has 24 heavy (non-hydrogen) atoms. The second-order valence-electron chi connectivity index (χ2n) is 5.79. The van der Waals surface area contributed by atoms with E-state index in [1.54, 1.807) is 0 Å². The average molecular weight is 377 g/mol. The summed E-state index contributed by atoms with van der Waals surface area (Å²) in [5.74, 6) is -0.320. The molecular weight excluding hydrogens is 368 g/mol. The maximum absolute atomic E-state index is 13.1. The summed E-state index contributed by atoms with van der Waals surface area (Å²) in [6, 6.07) is 13.0. The minimum Gasteiger partial charge on any atom is -0.351 e. The van der Waals surface area contributed by atoms with Gasteiger partial charge in [-0.3, -0.25) is 14.6 Å². The summed E-state index contributed by atoms with van der Waals surface area (Å²) >= 11 is 3.41. The molecule has 4 aromatic rings. The van der Waals surface area contributed by atoms with Crippen LogP contribution in [0.25, 0.3) is 21.8 Å². The zero-order chi connectivity index (χ0) is 16.4. The minimum absolute atomic E-state index is 0.158. The second-order valence-corrected chi connectivity index (χ2v) is 6.70.